The molecule has 6 N–H and O–H groups in total. The Labute approximate surface area is 120 Å². The van der Waals surface area contributed by atoms with Gasteiger partial charge in [-0.05, 0) is 12.1 Å². The normalized spacial score (nSPS) is 16.8. The zero-order valence-electron chi connectivity index (χ0n) is 11.0. The van der Waals surface area contributed by atoms with Crippen molar-refractivity contribution in [3.8, 4) is 5.75 Å². The van der Waals surface area contributed by atoms with Crippen molar-refractivity contribution in [2.24, 2.45) is 0 Å². The van der Waals surface area contributed by atoms with E-state index < -0.39 is 43.6 Å². The van der Waals surface area contributed by atoms with E-state index >= 15 is 0 Å². The van der Waals surface area contributed by atoms with E-state index in [-0.39, 0.29) is 11.3 Å². The molecule has 1 aromatic rings. The molecule has 0 fully saturated rings. The molecule has 0 saturated heterocycles. The van der Waals surface area contributed by atoms with Crippen molar-refractivity contribution in [1.82, 2.24) is 0 Å². The highest BCUT2D eigenvalue weighted by atomic mass is 16.5. The van der Waals surface area contributed by atoms with Gasteiger partial charge in [0.25, 0.3) is 0 Å². The molecule has 0 aromatic heterocycles. The molecule has 0 heterocycles. The third-order valence-electron chi connectivity index (χ3n) is 2.83. The van der Waals surface area contributed by atoms with Crippen LogP contribution in [0.2, 0.25) is 0 Å². The molecule has 0 aliphatic rings. The van der Waals surface area contributed by atoms with Gasteiger partial charge in [0.1, 0.15) is 42.3 Å². The summed E-state index contributed by atoms with van der Waals surface area (Å²) in [6, 6.07) is 5.61. The molecule has 0 aliphatic heterocycles. The van der Waals surface area contributed by atoms with E-state index in [4.69, 9.17) is 14.9 Å². The van der Waals surface area contributed by atoms with Gasteiger partial charge in [-0.15, -0.1) is 0 Å². The number of hydrogen-bond donors (Lipinski definition) is 6. The minimum atomic E-state index is -1.82. The van der Waals surface area contributed by atoms with Gasteiger partial charge < -0.3 is 35.4 Å². The van der Waals surface area contributed by atoms with Crippen LogP contribution in [0.15, 0.2) is 24.3 Å². The lowest BCUT2D eigenvalue weighted by atomic mass is 10.0. The molecular weight excluding hydrogens is 284 g/mol. The Hall–Kier alpha value is -1.71. The number of phenolic OH excluding ortho intramolecular Hbond substituents is 1. The van der Waals surface area contributed by atoms with Crippen LogP contribution in [0.5, 0.6) is 5.75 Å². The predicted molar refractivity (Wildman–Crippen MR) is 69.5 cm³/mol. The molecule has 0 unspecified atom stereocenters. The summed E-state index contributed by atoms with van der Waals surface area (Å²) in [6.07, 6.45) is -6.92. The Balaban J connectivity index is 2.55. The maximum Gasteiger partial charge on any atom is 0.342 e. The number of aromatic hydroxyl groups is 1. The molecule has 118 valence electrons. The van der Waals surface area contributed by atoms with Gasteiger partial charge in [0.05, 0.1) is 6.61 Å². The summed E-state index contributed by atoms with van der Waals surface area (Å²) >= 11 is 0. The average molecular weight is 302 g/mol. The molecule has 0 radical (unpaired) electrons. The van der Waals surface area contributed by atoms with Crippen LogP contribution in [0.3, 0.4) is 0 Å². The maximum atomic E-state index is 11.6. The van der Waals surface area contributed by atoms with Crippen molar-refractivity contribution >= 4 is 5.97 Å². The predicted octanol–water partition coefficient (Wildman–Crippen LogP) is -2.02. The second-order valence-electron chi connectivity index (χ2n) is 4.41. The monoisotopic (exact) mass is 302 g/mol. The van der Waals surface area contributed by atoms with Gasteiger partial charge in [0.15, 0.2) is 0 Å². The number of hydrogen-bond acceptors (Lipinski definition) is 8. The van der Waals surface area contributed by atoms with Crippen molar-refractivity contribution in [2.45, 2.75) is 24.4 Å². The van der Waals surface area contributed by atoms with Gasteiger partial charge in [-0.25, -0.2) is 4.79 Å². The number of phenols is 1. The van der Waals surface area contributed by atoms with Crippen molar-refractivity contribution in [2.75, 3.05) is 13.2 Å². The summed E-state index contributed by atoms with van der Waals surface area (Å²) in [7, 11) is 0. The lowest BCUT2D eigenvalue weighted by molar-refractivity contribution is -0.124. The number of esters is 1. The van der Waals surface area contributed by atoms with E-state index in [0.29, 0.717) is 0 Å². The molecule has 0 amide bonds. The fourth-order valence-corrected chi connectivity index (χ4v) is 1.55. The van der Waals surface area contributed by atoms with Crippen molar-refractivity contribution in [1.29, 1.82) is 0 Å². The van der Waals surface area contributed by atoms with Crippen LogP contribution in [-0.4, -0.2) is 74.2 Å². The number of aliphatic hydroxyl groups is 5. The number of carbonyl (C=O) groups excluding carboxylic acids is 1. The minimum absolute atomic E-state index is 0.116. The summed E-state index contributed by atoms with van der Waals surface area (Å²) in [4.78, 5) is 11.6. The molecule has 0 spiro atoms. The van der Waals surface area contributed by atoms with Gasteiger partial charge in [-0.1, -0.05) is 12.1 Å². The summed E-state index contributed by atoms with van der Waals surface area (Å²) in [6.45, 7) is -1.47. The number of carbonyl (C=O) groups is 1. The standard InChI is InChI=1S/C13H18O8/c14-5-9(16)11(18)12(19)10(17)6-21-13(20)7-3-1-2-4-8(7)15/h1-4,9-12,14-19H,5-6H2/t9-,10-,11-,12-/m0/s1. The molecule has 21 heavy (non-hydrogen) atoms. The molecule has 8 nitrogen and oxygen atoms in total. The lowest BCUT2D eigenvalue weighted by Crippen LogP contribution is -2.47. The number of para-hydroxylation sites is 1. The van der Waals surface area contributed by atoms with Gasteiger partial charge in [-0.3, -0.25) is 0 Å². The Morgan fingerprint density at radius 1 is 1.05 bits per heavy atom. The first-order valence-corrected chi connectivity index (χ1v) is 6.16. The third-order valence-corrected chi connectivity index (χ3v) is 2.83. The summed E-state index contributed by atoms with van der Waals surface area (Å²) in [5, 5.41) is 55.6. The molecular formula is C13H18O8. The number of benzene rings is 1. The summed E-state index contributed by atoms with van der Waals surface area (Å²) < 4.78 is 4.69. The van der Waals surface area contributed by atoms with Gasteiger partial charge in [0, 0.05) is 0 Å². The van der Waals surface area contributed by atoms with Crippen LogP contribution < -0.4 is 0 Å². The van der Waals surface area contributed by atoms with Crippen molar-refractivity contribution in [3.63, 3.8) is 0 Å². The van der Waals surface area contributed by atoms with Crippen LogP contribution in [0, 0.1) is 0 Å². The average Bonchev–Trinajstić information content (AvgIpc) is 2.50. The molecule has 0 saturated carbocycles. The van der Waals surface area contributed by atoms with E-state index in [0.717, 1.165) is 0 Å². The summed E-state index contributed by atoms with van der Waals surface area (Å²) in [5.74, 6) is -1.22. The van der Waals surface area contributed by atoms with E-state index in [1.54, 1.807) is 0 Å². The molecule has 4 atom stereocenters. The van der Waals surface area contributed by atoms with Crippen LogP contribution in [0.25, 0.3) is 0 Å². The van der Waals surface area contributed by atoms with Crippen LogP contribution in [0.4, 0.5) is 0 Å². The maximum absolute atomic E-state index is 11.6. The van der Waals surface area contributed by atoms with E-state index in [2.05, 4.69) is 0 Å². The largest absolute Gasteiger partial charge is 0.507 e. The molecule has 1 aromatic carbocycles. The Morgan fingerprint density at radius 2 is 1.62 bits per heavy atom. The first-order valence-electron chi connectivity index (χ1n) is 6.16. The van der Waals surface area contributed by atoms with E-state index in [1.807, 2.05) is 0 Å². The zero-order valence-corrected chi connectivity index (χ0v) is 11.0. The highest BCUT2D eigenvalue weighted by Crippen LogP contribution is 2.17. The smallest absolute Gasteiger partial charge is 0.342 e. The van der Waals surface area contributed by atoms with Crippen molar-refractivity contribution < 1.29 is 40.2 Å². The van der Waals surface area contributed by atoms with E-state index in [9.17, 15) is 25.2 Å². The third kappa shape index (κ3) is 4.66. The van der Waals surface area contributed by atoms with E-state index in [1.165, 1.54) is 24.3 Å². The van der Waals surface area contributed by atoms with Gasteiger partial charge in [-0.2, -0.15) is 0 Å². The van der Waals surface area contributed by atoms with Crippen LogP contribution in [0.1, 0.15) is 10.4 Å². The first kappa shape index (κ1) is 17.3. The van der Waals surface area contributed by atoms with Crippen LogP contribution in [-0.2, 0) is 4.74 Å². The SMILES string of the molecule is O=C(OC[C@H](O)[C@H](O)[C@@H](O)[C@@H](O)CO)c1ccccc1O. The number of rotatable bonds is 7. The number of aliphatic hydroxyl groups excluding tert-OH is 5. The fraction of sp³-hybridized carbons (Fsp3) is 0.462. The Morgan fingerprint density at radius 3 is 2.19 bits per heavy atom. The van der Waals surface area contributed by atoms with Gasteiger partial charge in [0.2, 0.25) is 0 Å². The fourth-order valence-electron chi connectivity index (χ4n) is 1.55. The number of ether oxygens (including phenoxy) is 1. The Kier molecular flexibility index (Phi) is 6.53. The topological polar surface area (TPSA) is 148 Å². The Bertz CT molecular complexity index is 463. The molecule has 0 bridgehead atoms. The second-order valence-corrected chi connectivity index (χ2v) is 4.41. The quantitative estimate of drug-likeness (QED) is 0.316. The van der Waals surface area contributed by atoms with Gasteiger partial charge >= 0.3 is 5.97 Å². The summed E-state index contributed by atoms with van der Waals surface area (Å²) in [5.41, 5.74) is -0.116. The highest BCUT2D eigenvalue weighted by molar-refractivity contribution is 5.92. The lowest BCUT2D eigenvalue weighted by Gasteiger charge is -2.25. The molecule has 8 heteroatoms. The minimum Gasteiger partial charge on any atom is -0.507 e. The zero-order chi connectivity index (χ0) is 16.0. The molecule has 1 rings (SSSR count). The van der Waals surface area contributed by atoms with Crippen LogP contribution >= 0.6 is 0 Å². The second kappa shape index (κ2) is 7.91. The highest BCUT2D eigenvalue weighted by Gasteiger charge is 2.30. The van der Waals surface area contributed by atoms with Crippen molar-refractivity contribution in [3.05, 3.63) is 29.8 Å². The molecule has 0 aliphatic carbocycles. The first-order chi connectivity index (χ1) is 9.88.